The van der Waals surface area contributed by atoms with E-state index in [0.717, 1.165) is 6.54 Å². The number of benzene rings is 1. The number of hydrogen-bond donors (Lipinski definition) is 1. The Labute approximate surface area is 113 Å². The minimum atomic E-state index is -0.0875. The molecule has 1 aromatic carbocycles. The molecule has 0 spiro atoms. The molecule has 2 N–H and O–H groups in total. The van der Waals surface area contributed by atoms with Gasteiger partial charge in [-0.1, -0.05) is 5.92 Å². The van der Waals surface area contributed by atoms with Gasteiger partial charge in [0.1, 0.15) is 5.75 Å². The number of methoxy groups -OCH3 is 1. The van der Waals surface area contributed by atoms with Gasteiger partial charge in [-0.05, 0) is 30.9 Å². The monoisotopic (exact) mass is 258 g/mol. The summed E-state index contributed by atoms with van der Waals surface area (Å²) in [6, 6.07) is 5.03. The number of anilines is 1. The molecule has 1 amide bonds. The van der Waals surface area contributed by atoms with Crippen molar-refractivity contribution in [1.82, 2.24) is 4.90 Å². The topological polar surface area (TPSA) is 55.6 Å². The van der Waals surface area contributed by atoms with E-state index >= 15 is 0 Å². The highest BCUT2D eigenvalue weighted by Gasteiger charge is 2.27. The molecule has 19 heavy (non-hydrogen) atoms. The number of carbonyl (C=O) groups is 1. The Balaban J connectivity index is 2.19. The van der Waals surface area contributed by atoms with E-state index in [0.29, 0.717) is 29.5 Å². The Kier molecular flexibility index (Phi) is 3.96. The molecule has 0 aliphatic heterocycles. The van der Waals surface area contributed by atoms with Crippen LogP contribution in [0.3, 0.4) is 0 Å². The molecule has 0 heterocycles. The number of nitrogen functional groups attached to an aromatic ring is 1. The summed E-state index contributed by atoms with van der Waals surface area (Å²) in [5, 5.41) is 0. The lowest BCUT2D eigenvalue weighted by atomic mass is 10.1. The predicted octanol–water partition coefficient (Wildman–Crippen LogP) is 1.76. The lowest BCUT2D eigenvalue weighted by Gasteiger charge is -2.20. The molecule has 100 valence electrons. The highest BCUT2D eigenvalue weighted by Crippen LogP contribution is 2.30. The normalized spacial score (nSPS) is 13.7. The smallest absolute Gasteiger partial charge is 0.254 e. The molecule has 0 aromatic heterocycles. The SMILES string of the molecule is C#CCN(CC1CC1)C(=O)c1cc(N)cc(OC)c1. The van der Waals surface area contributed by atoms with Crippen molar-refractivity contribution in [3.05, 3.63) is 23.8 Å². The van der Waals surface area contributed by atoms with Gasteiger partial charge in [0.05, 0.1) is 13.7 Å². The van der Waals surface area contributed by atoms with E-state index in [4.69, 9.17) is 16.9 Å². The molecule has 2 rings (SSSR count). The van der Waals surface area contributed by atoms with Crippen molar-refractivity contribution in [3.8, 4) is 18.1 Å². The fourth-order valence-corrected chi connectivity index (χ4v) is 1.99. The maximum Gasteiger partial charge on any atom is 0.254 e. The Morgan fingerprint density at radius 3 is 2.84 bits per heavy atom. The van der Waals surface area contributed by atoms with Gasteiger partial charge in [-0.2, -0.15) is 0 Å². The Morgan fingerprint density at radius 1 is 1.53 bits per heavy atom. The number of terminal acetylenes is 1. The first-order valence-electron chi connectivity index (χ1n) is 6.31. The van der Waals surface area contributed by atoms with Gasteiger partial charge in [0.15, 0.2) is 0 Å². The van der Waals surface area contributed by atoms with Gasteiger partial charge < -0.3 is 15.4 Å². The maximum absolute atomic E-state index is 12.4. The van der Waals surface area contributed by atoms with Gasteiger partial charge in [0.2, 0.25) is 0 Å². The summed E-state index contributed by atoms with van der Waals surface area (Å²) in [7, 11) is 1.55. The van der Waals surface area contributed by atoms with Crippen LogP contribution < -0.4 is 10.5 Å². The highest BCUT2D eigenvalue weighted by molar-refractivity contribution is 5.95. The van der Waals surface area contributed by atoms with Gasteiger partial charge in [-0.25, -0.2) is 0 Å². The molecule has 4 heteroatoms. The average molecular weight is 258 g/mol. The van der Waals surface area contributed by atoms with Crippen molar-refractivity contribution in [3.63, 3.8) is 0 Å². The summed E-state index contributed by atoms with van der Waals surface area (Å²) in [5.41, 5.74) is 6.80. The number of nitrogens with two attached hydrogens (primary N) is 1. The maximum atomic E-state index is 12.4. The highest BCUT2D eigenvalue weighted by atomic mass is 16.5. The first-order chi connectivity index (χ1) is 9.13. The molecule has 0 bridgehead atoms. The fourth-order valence-electron chi connectivity index (χ4n) is 1.99. The number of amides is 1. The Morgan fingerprint density at radius 2 is 2.26 bits per heavy atom. The number of hydrogen-bond acceptors (Lipinski definition) is 3. The molecule has 4 nitrogen and oxygen atoms in total. The van der Waals surface area contributed by atoms with Crippen LogP contribution in [0, 0.1) is 18.3 Å². The van der Waals surface area contributed by atoms with Crippen molar-refractivity contribution in [2.24, 2.45) is 5.92 Å². The molecule has 1 saturated carbocycles. The third-order valence-corrected chi connectivity index (χ3v) is 3.16. The zero-order chi connectivity index (χ0) is 13.8. The van der Waals surface area contributed by atoms with Crippen LogP contribution in [0.25, 0.3) is 0 Å². The summed E-state index contributed by atoms with van der Waals surface area (Å²) in [6.45, 7) is 1.05. The molecule has 0 unspecified atom stereocenters. The van der Waals surface area contributed by atoms with Crippen LogP contribution in [0.5, 0.6) is 5.75 Å². The average Bonchev–Trinajstić information content (AvgIpc) is 3.20. The van der Waals surface area contributed by atoms with Gasteiger partial charge >= 0.3 is 0 Å². The van der Waals surface area contributed by atoms with E-state index in [1.54, 1.807) is 30.2 Å². The lowest BCUT2D eigenvalue weighted by molar-refractivity contribution is 0.0769. The third-order valence-electron chi connectivity index (χ3n) is 3.16. The van der Waals surface area contributed by atoms with E-state index in [9.17, 15) is 4.79 Å². The lowest BCUT2D eigenvalue weighted by Crippen LogP contribution is -2.33. The number of rotatable bonds is 5. The molecule has 0 atom stereocenters. The van der Waals surface area contributed by atoms with E-state index in [1.807, 2.05) is 0 Å². The van der Waals surface area contributed by atoms with Crippen molar-refractivity contribution in [2.45, 2.75) is 12.8 Å². The first-order valence-corrected chi connectivity index (χ1v) is 6.31. The van der Waals surface area contributed by atoms with Crippen LogP contribution in [0.15, 0.2) is 18.2 Å². The third kappa shape index (κ3) is 3.41. The first kappa shape index (κ1) is 13.3. The van der Waals surface area contributed by atoms with Crippen LogP contribution in [0.4, 0.5) is 5.69 Å². The summed E-state index contributed by atoms with van der Waals surface area (Å²) >= 11 is 0. The van der Waals surface area contributed by atoms with Crippen molar-refractivity contribution in [1.29, 1.82) is 0 Å². The van der Waals surface area contributed by atoms with Gasteiger partial charge in [0.25, 0.3) is 5.91 Å². The fraction of sp³-hybridized carbons (Fsp3) is 0.400. The van der Waals surface area contributed by atoms with Crippen LogP contribution in [0.1, 0.15) is 23.2 Å². The zero-order valence-corrected chi connectivity index (χ0v) is 11.1. The Hall–Kier alpha value is -2.15. The van der Waals surface area contributed by atoms with E-state index in [2.05, 4.69) is 5.92 Å². The quantitative estimate of drug-likeness (QED) is 0.647. The van der Waals surface area contributed by atoms with Crippen molar-refractivity contribution >= 4 is 11.6 Å². The molecular weight excluding hydrogens is 240 g/mol. The molecule has 1 fully saturated rings. The summed E-state index contributed by atoms with van der Waals surface area (Å²) < 4.78 is 5.13. The predicted molar refractivity (Wildman–Crippen MR) is 74.9 cm³/mol. The van der Waals surface area contributed by atoms with Crippen LogP contribution in [0.2, 0.25) is 0 Å². The zero-order valence-electron chi connectivity index (χ0n) is 11.1. The molecule has 1 aliphatic rings. The van der Waals surface area contributed by atoms with Crippen molar-refractivity contribution in [2.75, 3.05) is 25.9 Å². The second-order valence-corrected chi connectivity index (χ2v) is 4.83. The van der Waals surface area contributed by atoms with Gasteiger partial charge in [-0.3, -0.25) is 4.79 Å². The summed E-state index contributed by atoms with van der Waals surface area (Å²) in [4.78, 5) is 14.1. The number of carbonyl (C=O) groups excluding carboxylic acids is 1. The second kappa shape index (κ2) is 5.66. The Bertz CT molecular complexity index is 515. The molecule has 1 aromatic rings. The molecule has 0 saturated heterocycles. The minimum Gasteiger partial charge on any atom is -0.497 e. The van der Waals surface area contributed by atoms with E-state index < -0.39 is 0 Å². The molecule has 1 aliphatic carbocycles. The summed E-state index contributed by atoms with van der Waals surface area (Å²) in [5.74, 6) is 3.63. The number of ether oxygens (including phenoxy) is 1. The minimum absolute atomic E-state index is 0.0875. The van der Waals surface area contributed by atoms with E-state index in [-0.39, 0.29) is 5.91 Å². The number of nitrogens with zero attached hydrogens (tertiary/aromatic N) is 1. The van der Waals surface area contributed by atoms with Crippen LogP contribution in [-0.4, -0.2) is 31.0 Å². The van der Waals surface area contributed by atoms with Gasteiger partial charge in [-0.15, -0.1) is 6.42 Å². The largest absolute Gasteiger partial charge is 0.497 e. The van der Waals surface area contributed by atoms with E-state index in [1.165, 1.54) is 12.8 Å². The molecular formula is C15H18N2O2. The van der Waals surface area contributed by atoms with Crippen molar-refractivity contribution < 1.29 is 9.53 Å². The van der Waals surface area contributed by atoms with Crippen LogP contribution >= 0.6 is 0 Å². The molecule has 0 radical (unpaired) electrons. The van der Waals surface area contributed by atoms with Gasteiger partial charge in [0, 0.05) is 23.9 Å². The standard InChI is InChI=1S/C15H18N2O2/c1-3-6-17(10-11-4-5-11)15(18)12-7-13(16)9-14(8-12)19-2/h1,7-9,11H,4-6,10,16H2,2H3. The van der Waals surface area contributed by atoms with Crippen LogP contribution in [-0.2, 0) is 0 Å². The summed E-state index contributed by atoms with van der Waals surface area (Å²) in [6.07, 6.45) is 7.68. The second-order valence-electron chi connectivity index (χ2n) is 4.83.